The summed E-state index contributed by atoms with van der Waals surface area (Å²) >= 11 is 1.16. The summed E-state index contributed by atoms with van der Waals surface area (Å²) in [6.45, 7) is 0. The van der Waals surface area contributed by atoms with Gasteiger partial charge in [-0.05, 0) is 0 Å². The molecule has 0 aromatic rings. The van der Waals surface area contributed by atoms with Gasteiger partial charge in [0.1, 0.15) is 0 Å². The van der Waals surface area contributed by atoms with Gasteiger partial charge in [0.2, 0.25) is 0 Å². The Morgan fingerprint density at radius 1 is 0.278 bits per heavy atom. The Bertz CT molecular complexity index is 84.1. The first kappa shape index (κ1) is 17.2. The van der Waals surface area contributed by atoms with Gasteiger partial charge >= 0.3 is 128 Å². The minimum absolute atomic E-state index is 0.580. The fraction of sp³-hybridized carbons (Fsp3) is 1.00. The second kappa shape index (κ2) is 14.5. The quantitative estimate of drug-likeness (QED) is 0.517. The van der Waals surface area contributed by atoms with Crippen molar-refractivity contribution in [2.24, 2.45) is 0 Å². The van der Waals surface area contributed by atoms with Crippen LogP contribution < -0.4 is 0 Å². The molecule has 0 aromatic carbocycles. The van der Waals surface area contributed by atoms with E-state index in [1.54, 1.807) is 36.1 Å². The van der Waals surface area contributed by atoms with Gasteiger partial charge in [-0.1, -0.05) is 0 Å². The molecule has 0 aliphatic carbocycles. The molecule has 0 radical (unpaired) electrons. The molecular weight excluding hydrogens is 342 g/mol. The van der Waals surface area contributed by atoms with Crippen LogP contribution in [0.25, 0.3) is 0 Å². The Hall–Kier alpha value is 1.12. The molecule has 18 heavy (non-hydrogen) atoms. The first-order valence-electron chi connectivity index (χ1n) is 8.46. The first-order chi connectivity index (χ1) is 9.00. The summed E-state index contributed by atoms with van der Waals surface area (Å²) in [5.74, 6) is 0. The molecule has 2 atom stereocenters. The first-order valence-corrected chi connectivity index (χ1v) is 17.9. The van der Waals surface area contributed by atoms with Crippen LogP contribution >= 0.6 is 0 Å². The van der Waals surface area contributed by atoms with E-state index in [9.17, 15) is 0 Å². The zero-order valence-corrected chi connectivity index (χ0v) is 16.5. The standard InChI is InChI=1S/C16H34As2/c1-2-4-6-8-10-12-14-16-18-17-15-13-11-9-7-5-3-1/h17-18H,1-16H2. The summed E-state index contributed by atoms with van der Waals surface area (Å²) in [5, 5.41) is 3.36. The van der Waals surface area contributed by atoms with Crippen molar-refractivity contribution in [3.05, 3.63) is 0 Å². The summed E-state index contributed by atoms with van der Waals surface area (Å²) in [4.78, 5) is 0. The van der Waals surface area contributed by atoms with E-state index in [0.29, 0.717) is 27.4 Å². The van der Waals surface area contributed by atoms with Gasteiger partial charge in [-0.15, -0.1) is 0 Å². The predicted molar refractivity (Wildman–Crippen MR) is 88.6 cm³/mol. The van der Waals surface area contributed by atoms with Crippen molar-refractivity contribution in [1.82, 2.24) is 0 Å². The van der Waals surface area contributed by atoms with Gasteiger partial charge in [0.05, 0.1) is 0 Å². The summed E-state index contributed by atoms with van der Waals surface area (Å²) < 4.78 is 0. The Balaban J connectivity index is 2.00. The van der Waals surface area contributed by atoms with Gasteiger partial charge < -0.3 is 0 Å². The zero-order valence-electron chi connectivity index (χ0n) is 12.3. The third kappa shape index (κ3) is 12.2. The fourth-order valence-corrected chi connectivity index (χ4v) is 13.0. The Kier molecular flexibility index (Phi) is 13.9. The summed E-state index contributed by atoms with van der Waals surface area (Å²) in [6.07, 6.45) is 21.5. The van der Waals surface area contributed by atoms with E-state index >= 15 is 0 Å². The maximum atomic E-state index is 1.68. The van der Waals surface area contributed by atoms with E-state index in [1.807, 2.05) is 0 Å². The van der Waals surface area contributed by atoms with Crippen molar-refractivity contribution in [3.63, 3.8) is 0 Å². The van der Waals surface area contributed by atoms with Crippen molar-refractivity contribution in [2.45, 2.75) is 100 Å². The normalized spacial score (nSPS) is 26.7. The molecule has 0 spiro atoms. The molecule has 2 unspecified atom stereocenters. The average molecular weight is 376 g/mol. The van der Waals surface area contributed by atoms with Crippen LogP contribution in [0.5, 0.6) is 0 Å². The summed E-state index contributed by atoms with van der Waals surface area (Å²) in [6, 6.07) is 0. The average Bonchev–Trinajstić information content (AvgIpc) is 2.39. The number of hydrogen-bond acceptors (Lipinski definition) is 0. The minimum atomic E-state index is 0.580. The molecule has 2 heteroatoms. The topological polar surface area (TPSA) is 0 Å². The van der Waals surface area contributed by atoms with E-state index in [0.717, 1.165) is 0 Å². The van der Waals surface area contributed by atoms with Gasteiger partial charge in [0.25, 0.3) is 0 Å². The molecular formula is C16H34As2. The van der Waals surface area contributed by atoms with Crippen molar-refractivity contribution in [1.29, 1.82) is 0 Å². The van der Waals surface area contributed by atoms with E-state index < -0.39 is 0 Å². The third-order valence-electron chi connectivity index (χ3n) is 3.98. The van der Waals surface area contributed by atoms with Crippen LogP contribution in [0.3, 0.4) is 0 Å². The van der Waals surface area contributed by atoms with Gasteiger partial charge in [0, 0.05) is 0 Å². The van der Waals surface area contributed by atoms with E-state index in [1.165, 1.54) is 64.2 Å². The van der Waals surface area contributed by atoms with E-state index in [-0.39, 0.29) is 0 Å². The monoisotopic (exact) mass is 376 g/mol. The fourth-order valence-electron chi connectivity index (χ4n) is 2.72. The molecule has 0 nitrogen and oxygen atoms in total. The van der Waals surface area contributed by atoms with E-state index in [2.05, 4.69) is 0 Å². The van der Waals surface area contributed by atoms with Gasteiger partial charge in [-0.25, -0.2) is 0 Å². The molecule has 1 aliphatic heterocycles. The van der Waals surface area contributed by atoms with Gasteiger partial charge in [0.15, 0.2) is 0 Å². The van der Waals surface area contributed by atoms with Crippen LogP contribution in [0, 0.1) is 0 Å². The van der Waals surface area contributed by atoms with Crippen LogP contribution in [0.1, 0.15) is 89.9 Å². The molecule has 1 heterocycles. The molecule has 1 rings (SSSR count). The zero-order chi connectivity index (χ0) is 12.7. The second-order valence-electron chi connectivity index (χ2n) is 5.80. The maximum absolute atomic E-state index is 1.68. The van der Waals surface area contributed by atoms with Crippen molar-refractivity contribution in [3.8, 4) is 0 Å². The van der Waals surface area contributed by atoms with E-state index in [4.69, 9.17) is 0 Å². The van der Waals surface area contributed by atoms with Crippen LogP contribution in [0.2, 0.25) is 10.4 Å². The van der Waals surface area contributed by atoms with Crippen LogP contribution in [0.4, 0.5) is 0 Å². The van der Waals surface area contributed by atoms with Crippen LogP contribution in [-0.2, 0) is 0 Å². The summed E-state index contributed by atoms with van der Waals surface area (Å²) in [7, 11) is 0. The molecule has 0 N–H and O–H groups in total. The van der Waals surface area contributed by atoms with Crippen molar-refractivity contribution in [2.75, 3.05) is 0 Å². The Labute approximate surface area is 127 Å². The Morgan fingerprint density at radius 3 is 0.778 bits per heavy atom. The van der Waals surface area contributed by atoms with Crippen LogP contribution in [-0.4, -0.2) is 27.4 Å². The van der Waals surface area contributed by atoms with Crippen molar-refractivity contribution < 1.29 is 0 Å². The molecule has 1 saturated heterocycles. The molecule has 0 aromatic heterocycles. The third-order valence-corrected chi connectivity index (χ3v) is 15.2. The number of rotatable bonds is 0. The van der Waals surface area contributed by atoms with Gasteiger partial charge in [-0.2, -0.15) is 0 Å². The van der Waals surface area contributed by atoms with Gasteiger partial charge in [-0.3, -0.25) is 0 Å². The SMILES string of the molecule is C1CCCCCCCC[AsH][AsH]CCCCCCC1. The van der Waals surface area contributed by atoms with Crippen molar-refractivity contribution >= 4 is 27.4 Å². The predicted octanol–water partition coefficient (Wildman–Crippen LogP) is 5.09. The molecule has 108 valence electrons. The Morgan fingerprint density at radius 2 is 0.500 bits per heavy atom. The molecule has 0 amide bonds. The molecule has 0 saturated carbocycles. The number of hydrogen-bond donors (Lipinski definition) is 0. The second-order valence-corrected chi connectivity index (χ2v) is 17.1. The van der Waals surface area contributed by atoms with Crippen LogP contribution in [0.15, 0.2) is 0 Å². The molecule has 0 bridgehead atoms. The summed E-state index contributed by atoms with van der Waals surface area (Å²) in [5.41, 5.74) is 0. The molecule has 1 aliphatic rings. The molecule has 1 fully saturated rings.